The zero-order valence-corrected chi connectivity index (χ0v) is 18.6. The van der Waals surface area contributed by atoms with Crippen molar-refractivity contribution in [1.29, 1.82) is 0 Å². The Morgan fingerprint density at radius 3 is 2.06 bits per heavy atom. The van der Waals surface area contributed by atoms with Gasteiger partial charge in [0.05, 0.1) is 5.56 Å². The van der Waals surface area contributed by atoms with Crippen molar-refractivity contribution in [2.45, 2.75) is 17.1 Å². The lowest BCUT2D eigenvalue weighted by atomic mass is 10.1. The summed E-state index contributed by atoms with van der Waals surface area (Å²) >= 11 is 1.76. The number of carbonyl (C=O) groups is 2. The fraction of sp³-hybridized carbons (Fsp3) is 0.231. The number of hydrogen-bond donors (Lipinski definition) is 0. The molecular formula is C26H25FN2O2S. The topological polar surface area (TPSA) is 40.6 Å². The molecule has 0 N–H and O–H groups in total. The third-order valence-corrected chi connectivity index (χ3v) is 6.61. The van der Waals surface area contributed by atoms with Crippen LogP contribution in [0.1, 0.15) is 32.7 Å². The normalized spacial score (nSPS) is 14.2. The molecule has 6 heteroatoms. The fourth-order valence-electron chi connectivity index (χ4n) is 3.74. The molecule has 0 radical (unpaired) electrons. The Labute approximate surface area is 192 Å². The Hall–Kier alpha value is -3.12. The summed E-state index contributed by atoms with van der Waals surface area (Å²) in [5.41, 5.74) is 1.89. The highest BCUT2D eigenvalue weighted by Crippen LogP contribution is 2.23. The lowest BCUT2D eigenvalue weighted by Crippen LogP contribution is -2.37. The van der Waals surface area contributed by atoms with E-state index >= 15 is 0 Å². The van der Waals surface area contributed by atoms with Crippen molar-refractivity contribution in [3.8, 4) is 0 Å². The van der Waals surface area contributed by atoms with Gasteiger partial charge in [0.2, 0.25) is 0 Å². The Bertz CT molecular complexity index is 1070. The molecule has 0 atom stereocenters. The number of hydrogen-bond acceptors (Lipinski definition) is 3. The van der Waals surface area contributed by atoms with Crippen molar-refractivity contribution >= 4 is 23.6 Å². The van der Waals surface area contributed by atoms with Crippen LogP contribution in [-0.4, -0.2) is 47.8 Å². The van der Waals surface area contributed by atoms with Gasteiger partial charge < -0.3 is 9.80 Å². The van der Waals surface area contributed by atoms with Crippen LogP contribution >= 0.6 is 11.8 Å². The van der Waals surface area contributed by atoms with E-state index in [1.165, 1.54) is 17.0 Å². The Morgan fingerprint density at radius 1 is 0.750 bits per heavy atom. The summed E-state index contributed by atoms with van der Waals surface area (Å²) in [6, 6.07) is 24.0. The summed E-state index contributed by atoms with van der Waals surface area (Å²) in [5.74, 6) is -0.0275. The minimum absolute atomic E-state index is 0.0348. The third-order valence-electron chi connectivity index (χ3n) is 5.52. The van der Waals surface area contributed by atoms with Crippen LogP contribution in [0, 0.1) is 5.82 Å². The van der Waals surface area contributed by atoms with Gasteiger partial charge >= 0.3 is 0 Å². The van der Waals surface area contributed by atoms with Crippen LogP contribution in [-0.2, 0) is 5.75 Å². The second-order valence-corrected chi connectivity index (χ2v) is 8.77. The van der Waals surface area contributed by atoms with Gasteiger partial charge in [-0.2, -0.15) is 0 Å². The quantitative estimate of drug-likeness (QED) is 0.510. The third kappa shape index (κ3) is 5.37. The highest BCUT2D eigenvalue weighted by atomic mass is 32.2. The largest absolute Gasteiger partial charge is 0.337 e. The van der Waals surface area contributed by atoms with E-state index < -0.39 is 5.82 Å². The van der Waals surface area contributed by atoms with Gasteiger partial charge in [-0.25, -0.2) is 4.39 Å². The molecule has 3 aromatic rings. The molecule has 1 fully saturated rings. The first kappa shape index (κ1) is 22.1. The van der Waals surface area contributed by atoms with Gasteiger partial charge in [0, 0.05) is 42.4 Å². The number of amides is 2. The van der Waals surface area contributed by atoms with E-state index in [-0.39, 0.29) is 17.4 Å². The van der Waals surface area contributed by atoms with Crippen LogP contribution < -0.4 is 0 Å². The smallest absolute Gasteiger partial charge is 0.256 e. The van der Waals surface area contributed by atoms with Crippen LogP contribution in [0.2, 0.25) is 0 Å². The van der Waals surface area contributed by atoms with Crippen LogP contribution in [0.4, 0.5) is 4.39 Å². The Kier molecular flexibility index (Phi) is 7.22. The molecule has 4 rings (SSSR count). The highest BCUT2D eigenvalue weighted by Gasteiger charge is 2.24. The SMILES string of the molecule is O=C(c1ccc(CSc2ccccc2)cc1)N1CCCN(C(=O)c2ccccc2F)CC1. The predicted molar refractivity (Wildman–Crippen MR) is 125 cm³/mol. The number of benzene rings is 3. The first-order valence-corrected chi connectivity index (χ1v) is 11.7. The van der Waals surface area contributed by atoms with Gasteiger partial charge in [0.1, 0.15) is 5.82 Å². The molecule has 0 saturated carbocycles. The zero-order chi connectivity index (χ0) is 22.3. The monoisotopic (exact) mass is 448 g/mol. The molecule has 1 aliphatic rings. The van der Waals surface area contributed by atoms with E-state index in [1.807, 2.05) is 42.5 Å². The second-order valence-electron chi connectivity index (χ2n) is 7.72. The fourth-order valence-corrected chi connectivity index (χ4v) is 4.61. The summed E-state index contributed by atoms with van der Waals surface area (Å²) in [6.45, 7) is 1.91. The number of carbonyl (C=O) groups excluding carboxylic acids is 2. The maximum Gasteiger partial charge on any atom is 0.256 e. The van der Waals surface area contributed by atoms with Gasteiger partial charge in [-0.15, -0.1) is 11.8 Å². The molecule has 32 heavy (non-hydrogen) atoms. The molecule has 3 aromatic carbocycles. The average molecular weight is 449 g/mol. The minimum atomic E-state index is -0.514. The van der Waals surface area contributed by atoms with Crippen LogP contribution in [0.15, 0.2) is 83.8 Å². The van der Waals surface area contributed by atoms with E-state index in [0.717, 1.165) is 11.3 Å². The minimum Gasteiger partial charge on any atom is -0.337 e. The van der Waals surface area contributed by atoms with Gasteiger partial charge in [0.15, 0.2) is 0 Å². The van der Waals surface area contributed by atoms with E-state index in [4.69, 9.17) is 0 Å². The van der Waals surface area contributed by atoms with Crippen LogP contribution in [0.25, 0.3) is 0 Å². The van der Waals surface area contributed by atoms with Crippen LogP contribution in [0.5, 0.6) is 0 Å². The molecule has 2 amide bonds. The molecule has 0 bridgehead atoms. The lowest BCUT2D eigenvalue weighted by molar-refractivity contribution is 0.0716. The molecule has 0 aliphatic carbocycles. The molecule has 0 spiro atoms. The maximum atomic E-state index is 14.0. The summed E-state index contributed by atoms with van der Waals surface area (Å²) in [7, 11) is 0. The number of thioether (sulfide) groups is 1. The van der Waals surface area contributed by atoms with Crippen molar-refractivity contribution in [3.63, 3.8) is 0 Å². The Morgan fingerprint density at radius 2 is 1.38 bits per heavy atom. The Balaban J connectivity index is 1.34. The second kappa shape index (κ2) is 10.5. The first-order chi connectivity index (χ1) is 15.6. The molecule has 1 saturated heterocycles. The molecule has 0 aromatic heterocycles. The predicted octanol–water partition coefficient (Wildman–Crippen LogP) is 5.11. The zero-order valence-electron chi connectivity index (χ0n) is 17.7. The summed E-state index contributed by atoms with van der Waals surface area (Å²) in [5, 5.41) is 0. The van der Waals surface area contributed by atoms with Crippen molar-refractivity contribution < 1.29 is 14.0 Å². The summed E-state index contributed by atoms with van der Waals surface area (Å²) in [6.07, 6.45) is 0.664. The van der Waals surface area contributed by atoms with Crippen molar-refractivity contribution in [2.24, 2.45) is 0 Å². The van der Waals surface area contributed by atoms with E-state index in [9.17, 15) is 14.0 Å². The van der Waals surface area contributed by atoms with Crippen LogP contribution in [0.3, 0.4) is 0 Å². The van der Waals surface area contributed by atoms with E-state index in [0.29, 0.717) is 38.2 Å². The van der Waals surface area contributed by atoms with E-state index in [2.05, 4.69) is 12.1 Å². The molecule has 0 unspecified atom stereocenters. The first-order valence-electron chi connectivity index (χ1n) is 10.7. The highest BCUT2D eigenvalue weighted by molar-refractivity contribution is 7.98. The number of halogens is 1. The van der Waals surface area contributed by atoms with Crippen molar-refractivity contribution in [3.05, 3.63) is 101 Å². The standard InChI is InChI=1S/C26H25FN2O2S/c27-24-10-5-4-9-23(24)26(31)29-16-6-15-28(17-18-29)25(30)21-13-11-20(12-14-21)19-32-22-7-2-1-3-8-22/h1-5,7-14H,6,15-19H2. The molecular weight excluding hydrogens is 423 g/mol. The van der Waals surface area contributed by atoms with Gasteiger partial charge in [-0.3, -0.25) is 9.59 Å². The molecule has 1 aliphatic heterocycles. The van der Waals surface area contributed by atoms with Gasteiger partial charge in [-0.1, -0.05) is 42.5 Å². The molecule has 1 heterocycles. The number of nitrogens with zero attached hydrogens (tertiary/aromatic N) is 2. The van der Waals surface area contributed by atoms with Gasteiger partial charge in [-0.05, 0) is 48.4 Å². The van der Waals surface area contributed by atoms with Gasteiger partial charge in [0.25, 0.3) is 11.8 Å². The maximum absolute atomic E-state index is 14.0. The average Bonchev–Trinajstić information content (AvgIpc) is 3.10. The van der Waals surface area contributed by atoms with Crippen molar-refractivity contribution in [1.82, 2.24) is 9.80 Å². The summed E-state index contributed by atoms with van der Waals surface area (Å²) < 4.78 is 14.0. The number of rotatable bonds is 5. The lowest BCUT2D eigenvalue weighted by Gasteiger charge is -2.22. The van der Waals surface area contributed by atoms with Crippen molar-refractivity contribution in [2.75, 3.05) is 26.2 Å². The molecule has 164 valence electrons. The van der Waals surface area contributed by atoms with E-state index in [1.54, 1.807) is 33.7 Å². The molecule has 4 nitrogen and oxygen atoms in total. The summed E-state index contributed by atoms with van der Waals surface area (Å²) in [4.78, 5) is 30.3.